The van der Waals surface area contributed by atoms with Crippen molar-refractivity contribution in [3.05, 3.63) is 68.8 Å². The van der Waals surface area contributed by atoms with Gasteiger partial charge in [-0.3, -0.25) is 14.7 Å². The maximum absolute atomic E-state index is 12.6. The second kappa shape index (κ2) is 7.98. The number of anilines is 3. The van der Waals surface area contributed by atoms with Gasteiger partial charge in [-0.25, -0.2) is 0 Å². The first-order valence-electron chi connectivity index (χ1n) is 8.59. The minimum Gasteiger partial charge on any atom is -0.399 e. The molecule has 0 bridgehead atoms. The van der Waals surface area contributed by atoms with Gasteiger partial charge in [0.2, 0.25) is 0 Å². The molecule has 2 amide bonds. The van der Waals surface area contributed by atoms with Crippen molar-refractivity contribution in [1.29, 1.82) is 0 Å². The molecule has 3 aromatic rings. The summed E-state index contributed by atoms with van der Waals surface area (Å²) < 4.78 is 0. The maximum atomic E-state index is 12.6. The molecule has 0 fully saturated rings. The summed E-state index contributed by atoms with van der Waals surface area (Å²) in [6, 6.07) is 9.47. The van der Waals surface area contributed by atoms with Crippen molar-refractivity contribution in [2.75, 3.05) is 16.1 Å². The lowest BCUT2D eigenvalue weighted by atomic mass is 10.1. The second-order valence-corrected chi connectivity index (χ2v) is 7.62. The summed E-state index contributed by atoms with van der Waals surface area (Å²) in [5, 5.41) is 15.6. The number of aromatic nitrogens is 2. The van der Waals surface area contributed by atoms with E-state index in [1.165, 1.54) is 18.3 Å². The van der Waals surface area contributed by atoms with Gasteiger partial charge in [-0.2, -0.15) is 15.2 Å². The van der Waals surface area contributed by atoms with Crippen LogP contribution in [-0.4, -0.2) is 27.7 Å². The lowest BCUT2D eigenvalue weighted by Gasteiger charge is -2.15. The first kappa shape index (κ1) is 20.2. The van der Waals surface area contributed by atoms with Gasteiger partial charge in [-0.05, 0) is 30.3 Å². The summed E-state index contributed by atoms with van der Waals surface area (Å²) in [5.41, 5.74) is 7.64. The Balaban J connectivity index is 1.63. The van der Waals surface area contributed by atoms with Gasteiger partial charge in [0.25, 0.3) is 11.8 Å². The van der Waals surface area contributed by atoms with Gasteiger partial charge in [0.1, 0.15) is 5.69 Å². The van der Waals surface area contributed by atoms with Crippen LogP contribution in [0.15, 0.2) is 47.7 Å². The normalized spacial score (nSPS) is 13.5. The minimum atomic E-state index is -0.402. The molecule has 2 aromatic carbocycles. The Hall–Kier alpha value is -3.07. The predicted molar refractivity (Wildman–Crippen MR) is 118 cm³/mol. The van der Waals surface area contributed by atoms with E-state index in [-0.39, 0.29) is 33.9 Å². The van der Waals surface area contributed by atoms with E-state index in [4.69, 9.17) is 40.5 Å². The van der Waals surface area contributed by atoms with Crippen LogP contribution in [0, 0.1) is 0 Å². The molecule has 30 heavy (non-hydrogen) atoms. The predicted octanol–water partition coefficient (Wildman–Crippen LogP) is 4.35. The molecule has 11 heteroatoms. The lowest BCUT2D eigenvalue weighted by molar-refractivity contribution is -0.116. The molecule has 152 valence electrons. The molecule has 4 rings (SSSR count). The van der Waals surface area contributed by atoms with Gasteiger partial charge in [-0.15, -0.1) is 0 Å². The zero-order valence-corrected chi connectivity index (χ0v) is 17.4. The summed E-state index contributed by atoms with van der Waals surface area (Å²) in [7, 11) is 0. The molecule has 4 N–H and O–H groups in total. The van der Waals surface area contributed by atoms with Crippen molar-refractivity contribution in [1.82, 2.24) is 10.2 Å². The number of nitrogens with one attached hydrogen (secondary N) is 2. The number of aromatic amines is 1. The number of carbonyl (C=O) groups excluding carboxylic acids is 2. The molecule has 0 radical (unpaired) electrons. The molecule has 0 aliphatic carbocycles. The van der Waals surface area contributed by atoms with Crippen molar-refractivity contribution in [3.8, 4) is 0 Å². The van der Waals surface area contributed by atoms with Gasteiger partial charge in [0.05, 0.1) is 27.7 Å². The van der Waals surface area contributed by atoms with Crippen LogP contribution in [-0.2, 0) is 4.79 Å². The lowest BCUT2D eigenvalue weighted by Crippen LogP contribution is -2.20. The number of nitrogens with two attached hydrogens (primary N) is 1. The number of H-pyrrole nitrogens is 1. The van der Waals surface area contributed by atoms with Gasteiger partial charge in [0.15, 0.2) is 5.82 Å². The molecular formula is C19H13Cl3N6O2. The number of nitrogen functional groups attached to an aromatic ring is 1. The first-order chi connectivity index (χ1) is 14.3. The third kappa shape index (κ3) is 3.85. The molecule has 1 aliphatic heterocycles. The fourth-order valence-electron chi connectivity index (χ4n) is 2.96. The van der Waals surface area contributed by atoms with Crippen LogP contribution >= 0.6 is 34.8 Å². The Kier molecular flexibility index (Phi) is 5.38. The van der Waals surface area contributed by atoms with Crippen LogP contribution in [0.4, 0.5) is 17.2 Å². The highest BCUT2D eigenvalue weighted by atomic mass is 35.5. The number of hydrogen-bond donors (Lipinski definition) is 3. The molecule has 0 unspecified atom stereocenters. The smallest absolute Gasteiger partial charge is 0.256 e. The highest BCUT2D eigenvalue weighted by Crippen LogP contribution is 2.39. The number of halogens is 3. The summed E-state index contributed by atoms with van der Waals surface area (Å²) in [6.45, 7) is 0. The molecular weight excluding hydrogens is 451 g/mol. The van der Waals surface area contributed by atoms with Crippen molar-refractivity contribution in [2.24, 2.45) is 5.10 Å². The number of rotatable bonds is 4. The van der Waals surface area contributed by atoms with E-state index >= 15 is 0 Å². The van der Waals surface area contributed by atoms with E-state index in [0.29, 0.717) is 27.5 Å². The molecule has 0 atom stereocenters. The van der Waals surface area contributed by atoms with Gasteiger partial charge >= 0.3 is 0 Å². The van der Waals surface area contributed by atoms with Gasteiger partial charge < -0.3 is 11.1 Å². The molecule has 0 spiro atoms. The number of hydrogen-bond acceptors (Lipinski definition) is 5. The van der Waals surface area contributed by atoms with Crippen LogP contribution in [0.2, 0.25) is 15.1 Å². The van der Waals surface area contributed by atoms with E-state index in [9.17, 15) is 9.59 Å². The third-order valence-corrected chi connectivity index (χ3v) is 5.10. The quantitative estimate of drug-likeness (QED) is 0.499. The molecule has 8 nitrogen and oxygen atoms in total. The fourth-order valence-corrected chi connectivity index (χ4v) is 3.93. The Morgan fingerprint density at radius 1 is 1.17 bits per heavy atom. The summed E-state index contributed by atoms with van der Waals surface area (Å²) in [5.74, 6) is -0.518. The number of amides is 2. The van der Waals surface area contributed by atoms with Crippen LogP contribution in [0.1, 0.15) is 22.3 Å². The van der Waals surface area contributed by atoms with E-state index in [1.54, 1.807) is 24.3 Å². The summed E-state index contributed by atoms with van der Waals surface area (Å²) in [4.78, 5) is 25.1. The number of nitrogens with zero attached hydrogens (tertiary/aromatic N) is 3. The van der Waals surface area contributed by atoms with E-state index in [1.807, 2.05) is 0 Å². The Bertz CT molecular complexity index is 1180. The van der Waals surface area contributed by atoms with Crippen LogP contribution in [0.25, 0.3) is 0 Å². The van der Waals surface area contributed by atoms with E-state index in [0.717, 1.165) is 5.01 Å². The number of benzene rings is 2. The largest absolute Gasteiger partial charge is 0.399 e. The van der Waals surface area contributed by atoms with Gasteiger partial charge in [0, 0.05) is 22.5 Å². The zero-order valence-electron chi connectivity index (χ0n) is 15.1. The van der Waals surface area contributed by atoms with E-state index in [2.05, 4.69) is 20.6 Å². The van der Waals surface area contributed by atoms with E-state index < -0.39 is 5.91 Å². The van der Waals surface area contributed by atoms with Crippen molar-refractivity contribution < 1.29 is 9.59 Å². The van der Waals surface area contributed by atoms with Crippen LogP contribution in [0.3, 0.4) is 0 Å². The summed E-state index contributed by atoms with van der Waals surface area (Å²) in [6.07, 6.45) is 1.51. The Labute approximate surface area is 185 Å². The third-order valence-electron chi connectivity index (χ3n) is 4.30. The average molecular weight is 464 g/mol. The number of carbonyl (C=O) groups is 2. The first-order valence-corrected chi connectivity index (χ1v) is 9.73. The van der Waals surface area contributed by atoms with Crippen LogP contribution < -0.4 is 16.1 Å². The number of hydrazone groups is 1. The van der Waals surface area contributed by atoms with Crippen molar-refractivity contribution in [3.63, 3.8) is 0 Å². The monoisotopic (exact) mass is 462 g/mol. The highest BCUT2D eigenvalue weighted by molar-refractivity contribution is 6.42. The van der Waals surface area contributed by atoms with Gasteiger partial charge in [-0.1, -0.05) is 40.9 Å². The Morgan fingerprint density at radius 2 is 1.90 bits per heavy atom. The average Bonchev–Trinajstić information content (AvgIpc) is 3.27. The molecule has 0 saturated carbocycles. The standard InChI is InChI=1S/C19H13Cl3N6O2/c20-10-5-13(21)17(14(22)6-10)28-16(29)7-15(27-28)12-8-24-26-18(12)25-19(30)9-2-1-3-11(23)4-9/h1-6,8H,7,23H2,(H2,24,25,26,30). The minimum absolute atomic E-state index is 0.0318. The SMILES string of the molecule is Nc1cccc(C(=O)Nc2n[nH]cc2C2=NN(c3c(Cl)cc(Cl)cc3Cl)C(=O)C2)c1. The fraction of sp³-hybridized carbons (Fsp3) is 0.0526. The molecule has 1 aliphatic rings. The van der Waals surface area contributed by atoms with Crippen molar-refractivity contribution >= 4 is 69.5 Å². The van der Waals surface area contributed by atoms with Crippen LogP contribution in [0.5, 0.6) is 0 Å². The maximum Gasteiger partial charge on any atom is 0.256 e. The molecule has 2 heterocycles. The zero-order chi connectivity index (χ0) is 21.4. The molecule has 1 aromatic heterocycles. The Morgan fingerprint density at radius 3 is 2.60 bits per heavy atom. The molecule has 0 saturated heterocycles. The second-order valence-electron chi connectivity index (χ2n) is 6.37. The summed E-state index contributed by atoms with van der Waals surface area (Å²) >= 11 is 18.4. The highest BCUT2D eigenvalue weighted by Gasteiger charge is 2.31. The van der Waals surface area contributed by atoms with Crippen molar-refractivity contribution in [2.45, 2.75) is 6.42 Å². The topological polar surface area (TPSA) is 116 Å².